The zero-order chi connectivity index (χ0) is 11.2. The third-order valence-electron chi connectivity index (χ3n) is 4.37. The summed E-state index contributed by atoms with van der Waals surface area (Å²) in [4.78, 5) is 0. The largest absolute Gasteiger partial charge is 0.454 e. The van der Waals surface area contributed by atoms with Crippen LogP contribution in [0.2, 0.25) is 0 Å². The Morgan fingerprint density at radius 1 is 1.18 bits per heavy atom. The Morgan fingerprint density at radius 3 is 3.18 bits per heavy atom. The Labute approximate surface area is 101 Å². The summed E-state index contributed by atoms with van der Waals surface area (Å²) in [6, 6.07) is 4.95. The average Bonchev–Trinajstić information content (AvgIpc) is 2.85. The number of hydrogen-bond acceptors (Lipinski definition) is 3. The highest BCUT2D eigenvalue weighted by molar-refractivity contribution is 5.53. The molecule has 1 aromatic carbocycles. The van der Waals surface area contributed by atoms with Gasteiger partial charge in [0.15, 0.2) is 11.5 Å². The van der Waals surface area contributed by atoms with Gasteiger partial charge < -0.3 is 14.8 Å². The molecule has 4 rings (SSSR count). The highest BCUT2D eigenvalue weighted by atomic mass is 16.7. The van der Waals surface area contributed by atoms with Gasteiger partial charge in [0.2, 0.25) is 6.79 Å². The molecule has 3 aliphatic rings. The van der Waals surface area contributed by atoms with E-state index in [0.717, 1.165) is 30.3 Å². The first-order valence-electron chi connectivity index (χ1n) is 6.55. The fourth-order valence-electron chi connectivity index (χ4n) is 3.49. The molecule has 3 heteroatoms. The lowest BCUT2D eigenvalue weighted by molar-refractivity contribution is 0.172. The number of benzene rings is 1. The fourth-order valence-corrected chi connectivity index (χ4v) is 3.49. The van der Waals surface area contributed by atoms with Crippen molar-refractivity contribution >= 4 is 0 Å². The van der Waals surface area contributed by atoms with Crippen LogP contribution >= 0.6 is 0 Å². The Morgan fingerprint density at radius 2 is 2.18 bits per heavy atom. The van der Waals surface area contributed by atoms with Crippen molar-refractivity contribution in [2.45, 2.75) is 31.7 Å². The van der Waals surface area contributed by atoms with Crippen molar-refractivity contribution in [3.63, 3.8) is 0 Å². The zero-order valence-corrected chi connectivity index (χ0v) is 9.87. The third-order valence-corrected chi connectivity index (χ3v) is 4.37. The van der Waals surface area contributed by atoms with Crippen LogP contribution < -0.4 is 14.8 Å². The molecule has 1 fully saturated rings. The second-order valence-corrected chi connectivity index (χ2v) is 5.31. The summed E-state index contributed by atoms with van der Waals surface area (Å²) in [6.07, 6.45) is 4.96. The first-order chi connectivity index (χ1) is 8.42. The van der Waals surface area contributed by atoms with Crippen molar-refractivity contribution in [3.05, 3.63) is 23.3 Å². The summed E-state index contributed by atoms with van der Waals surface area (Å²) in [5, 5.41) is 3.66. The van der Waals surface area contributed by atoms with Gasteiger partial charge in [0.25, 0.3) is 0 Å². The highest BCUT2D eigenvalue weighted by Crippen LogP contribution is 2.42. The SMILES string of the molecule is c1cc2c(c3c1C[C@H]1NCCC[C@@H]1C3)OCO2. The van der Waals surface area contributed by atoms with Crippen molar-refractivity contribution in [2.75, 3.05) is 13.3 Å². The molecule has 0 amide bonds. The van der Waals surface area contributed by atoms with Gasteiger partial charge in [0.1, 0.15) is 0 Å². The maximum absolute atomic E-state index is 5.63. The predicted octanol–water partition coefficient (Wildman–Crippen LogP) is 1.88. The smallest absolute Gasteiger partial charge is 0.231 e. The lowest BCUT2D eigenvalue weighted by Gasteiger charge is -2.37. The van der Waals surface area contributed by atoms with E-state index in [9.17, 15) is 0 Å². The number of piperidine rings is 1. The van der Waals surface area contributed by atoms with Crippen LogP contribution in [0.25, 0.3) is 0 Å². The van der Waals surface area contributed by atoms with Gasteiger partial charge in [0.05, 0.1) is 0 Å². The lowest BCUT2D eigenvalue weighted by atomic mass is 9.76. The van der Waals surface area contributed by atoms with Crippen molar-refractivity contribution in [3.8, 4) is 11.5 Å². The molecule has 1 aromatic rings. The molecule has 1 N–H and O–H groups in total. The normalized spacial score (nSPS) is 29.6. The molecule has 2 heterocycles. The van der Waals surface area contributed by atoms with E-state index in [-0.39, 0.29) is 0 Å². The molecule has 17 heavy (non-hydrogen) atoms. The van der Waals surface area contributed by atoms with Crippen LogP contribution in [0.1, 0.15) is 24.0 Å². The monoisotopic (exact) mass is 231 g/mol. The van der Waals surface area contributed by atoms with Crippen LogP contribution in [0.4, 0.5) is 0 Å². The fraction of sp³-hybridized carbons (Fsp3) is 0.571. The first-order valence-corrected chi connectivity index (χ1v) is 6.55. The molecule has 0 unspecified atom stereocenters. The minimum atomic E-state index is 0.387. The Hall–Kier alpha value is -1.22. The van der Waals surface area contributed by atoms with Crippen LogP contribution in [0.15, 0.2) is 12.1 Å². The molecule has 1 saturated heterocycles. The van der Waals surface area contributed by atoms with Crippen molar-refractivity contribution in [2.24, 2.45) is 5.92 Å². The summed E-state index contributed by atoms with van der Waals surface area (Å²) in [5.41, 5.74) is 2.86. The van der Waals surface area contributed by atoms with Gasteiger partial charge in [-0.3, -0.25) is 0 Å². The van der Waals surface area contributed by atoms with E-state index >= 15 is 0 Å². The van der Waals surface area contributed by atoms with Crippen LogP contribution in [0.5, 0.6) is 11.5 Å². The number of nitrogens with one attached hydrogen (secondary N) is 1. The van der Waals surface area contributed by atoms with Gasteiger partial charge in [-0.2, -0.15) is 0 Å². The summed E-state index contributed by atoms with van der Waals surface area (Å²) < 4.78 is 11.1. The first kappa shape index (κ1) is 9.77. The molecule has 0 saturated carbocycles. The van der Waals surface area contributed by atoms with Gasteiger partial charge in [-0.05, 0) is 49.8 Å². The summed E-state index contributed by atoms with van der Waals surface area (Å²) in [6.45, 7) is 1.57. The molecular formula is C14H17NO2. The highest BCUT2D eigenvalue weighted by Gasteiger charge is 2.33. The molecule has 0 aromatic heterocycles. The minimum absolute atomic E-state index is 0.387. The second-order valence-electron chi connectivity index (χ2n) is 5.31. The number of ether oxygens (including phenoxy) is 2. The lowest BCUT2D eigenvalue weighted by Crippen LogP contribution is -2.46. The maximum atomic E-state index is 5.63. The molecular weight excluding hydrogens is 214 g/mol. The topological polar surface area (TPSA) is 30.5 Å². The van der Waals surface area contributed by atoms with Gasteiger partial charge in [0, 0.05) is 11.6 Å². The van der Waals surface area contributed by atoms with Crippen molar-refractivity contribution in [1.29, 1.82) is 0 Å². The van der Waals surface area contributed by atoms with Crippen LogP contribution in [-0.4, -0.2) is 19.4 Å². The van der Waals surface area contributed by atoms with Crippen molar-refractivity contribution < 1.29 is 9.47 Å². The van der Waals surface area contributed by atoms with E-state index in [1.54, 1.807) is 0 Å². The van der Waals surface area contributed by atoms with E-state index in [4.69, 9.17) is 9.47 Å². The van der Waals surface area contributed by atoms with Gasteiger partial charge >= 0.3 is 0 Å². The van der Waals surface area contributed by atoms with E-state index in [2.05, 4.69) is 17.4 Å². The number of fused-ring (bicyclic) bond motifs is 4. The van der Waals surface area contributed by atoms with Gasteiger partial charge in [-0.25, -0.2) is 0 Å². The molecule has 2 atom stereocenters. The molecule has 3 nitrogen and oxygen atoms in total. The standard InChI is InChI=1S/C14H17NO2/c1-2-10-6-11-9(7-12(10)15-5-1)3-4-13-14(11)17-8-16-13/h3-4,10,12,15H,1-2,5-8H2/t10-,12-/m1/s1. The van der Waals surface area contributed by atoms with Crippen molar-refractivity contribution in [1.82, 2.24) is 5.32 Å². The van der Waals surface area contributed by atoms with E-state index < -0.39 is 0 Å². The van der Waals surface area contributed by atoms with Crippen LogP contribution in [-0.2, 0) is 12.8 Å². The zero-order valence-electron chi connectivity index (χ0n) is 9.87. The minimum Gasteiger partial charge on any atom is -0.454 e. The van der Waals surface area contributed by atoms with Crippen LogP contribution in [0, 0.1) is 5.92 Å². The molecule has 0 bridgehead atoms. The molecule has 90 valence electrons. The van der Waals surface area contributed by atoms with Crippen LogP contribution in [0.3, 0.4) is 0 Å². The van der Waals surface area contributed by atoms with Gasteiger partial charge in [-0.15, -0.1) is 0 Å². The van der Waals surface area contributed by atoms with E-state index in [0.29, 0.717) is 12.8 Å². The van der Waals surface area contributed by atoms with Gasteiger partial charge in [-0.1, -0.05) is 6.07 Å². The number of hydrogen-bond donors (Lipinski definition) is 1. The van der Waals surface area contributed by atoms with E-state index in [1.165, 1.54) is 30.5 Å². The second kappa shape index (κ2) is 3.64. The maximum Gasteiger partial charge on any atom is 0.231 e. The number of rotatable bonds is 0. The molecule has 1 aliphatic carbocycles. The summed E-state index contributed by atoms with van der Waals surface area (Å²) >= 11 is 0. The Balaban J connectivity index is 1.75. The quantitative estimate of drug-likeness (QED) is 0.739. The predicted molar refractivity (Wildman–Crippen MR) is 64.5 cm³/mol. The van der Waals surface area contributed by atoms with E-state index in [1.807, 2.05) is 0 Å². The molecule has 2 aliphatic heterocycles. The third kappa shape index (κ3) is 1.45. The summed E-state index contributed by atoms with van der Waals surface area (Å²) in [5.74, 6) is 2.74. The Kier molecular flexibility index (Phi) is 2.09. The Bertz CT molecular complexity index is 458. The molecule has 0 radical (unpaired) electrons. The average molecular weight is 231 g/mol. The molecule has 0 spiro atoms. The summed E-state index contributed by atoms with van der Waals surface area (Å²) in [7, 11) is 0.